The molecule has 0 aliphatic carbocycles. The summed E-state index contributed by atoms with van der Waals surface area (Å²) < 4.78 is 5.40. The summed E-state index contributed by atoms with van der Waals surface area (Å²) >= 11 is 6.03. The predicted octanol–water partition coefficient (Wildman–Crippen LogP) is 2.70. The molecule has 3 rings (SSSR count). The summed E-state index contributed by atoms with van der Waals surface area (Å²) in [7, 11) is 4.03. The number of ether oxygens (including phenoxy) is 1. The number of aromatic nitrogens is 2. The zero-order chi connectivity index (χ0) is 20.8. The molecule has 0 saturated carbocycles. The molecule has 0 radical (unpaired) electrons. The number of carbonyl (C=O) groups is 1. The van der Waals surface area contributed by atoms with E-state index < -0.39 is 0 Å². The Morgan fingerprint density at radius 2 is 1.93 bits per heavy atom. The molecule has 0 bridgehead atoms. The fraction of sp³-hybridized carbons (Fsp3) is 0.476. The van der Waals surface area contributed by atoms with Crippen molar-refractivity contribution < 1.29 is 9.53 Å². The van der Waals surface area contributed by atoms with Crippen molar-refractivity contribution in [3.05, 3.63) is 52.3 Å². The van der Waals surface area contributed by atoms with Crippen molar-refractivity contribution in [2.75, 3.05) is 51.8 Å². The van der Waals surface area contributed by atoms with Gasteiger partial charge in [0, 0.05) is 23.8 Å². The summed E-state index contributed by atoms with van der Waals surface area (Å²) in [5.41, 5.74) is 2.16. The van der Waals surface area contributed by atoms with Gasteiger partial charge in [0.25, 0.3) is 5.91 Å². The largest absolute Gasteiger partial charge is 0.378 e. The van der Waals surface area contributed by atoms with Crippen molar-refractivity contribution in [2.24, 2.45) is 0 Å². The molecule has 1 fully saturated rings. The molecular weight excluding hydrogens is 390 g/mol. The molecule has 2 heterocycles. The fourth-order valence-electron chi connectivity index (χ4n) is 3.21. The van der Waals surface area contributed by atoms with E-state index >= 15 is 0 Å². The number of hydrogen-bond donors (Lipinski definition) is 1. The number of nitrogens with one attached hydrogen (secondary N) is 1. The SMILES string of the molecule is Cc1cc(C(=O)N[C@@H](CCN(C)C)c2ccc(Cl)cc2)nc(N2CCOCC2)n1. The van der Waals surface area contributed by atoms with E-state index in [1.807, 2.05) is 45.3 Å². The highest BCUT2D eigenvalue weighted by Crippen LogP contribution is 2.21. The highest BCUT2D eigenvalue weighted by Gasteiger charge is 2.20. The predicted molar refractivity (Wildman–Crippen MR) is 115 cm³/mol. The Balaban J connectivity index is 1.79. The molecule has 1 saturated heterocycles. The van der Waals surface area contributed by atoms with E-state index in [1.54, 1.807) is 6.07 Å². The molecule has 0 unspecified atom stereocenters. The molecule has 156 valence electrons. The van der Waals surface area contributed by atoms with Crippen LogP contribution < -0.4 is 10.2 Å². The van der Waals surface area contributed by atoms with E-state index in [1.165, 1.54) is 0 Å². The Morgan fingerprint density at radius 3 is 2.59 bits per heavy atom. The lowest BCUT2D eigenvalue weighted by Crippen LogP contribution is -2.38. The number of halogens is 1. The van der Waals surface area contributed by atoms with Crippen LogP contribution in [0.5, 0.6) is 0 Å². The van der Waals surface area contributed by atoms with Crippen LogP contribution >= 0.6 is 11.6 Å². The minimum atomic E-state index is -0.205. The second-order valence-electron chi connectivity index (χ2n) is 7.46. The summed E-state index contributed by atoms with van der Waals surface area (Å²) in [6.07, 6.45) is 0.779. The summed E-state index contributed by atoms with van der Waals surface area (Å²) in [6, 6.07) is 9.18. The van der Waals surface area contributed by atoms with Crippen molar-refractivity contribution in [3.63, 3.8) is 0 Å². The normalized spacial score (nSPS) is 15.4. The fourth-order valence-corrected chi connectivity index (χ4v) is 3.34. The maximum absolute atomic E-state index is 13.0. The average Bonchev–Trinajstić information content (AvgIpc) is 2.71. The molecule has 1 atom stereocenters. The topological polar surface area (TPSA) is 70.6 Å². The number of anilines is 1. The number of hydrogen-bond acceptors (Lipinski definition) is 6. The van der Waals surface area contributed by atoms with Crippen LogP contribution in [0.25, 0.3) is 0 Å². The third-order valence-electron chi connectivity index (χ3n) is 4.81. The van der Waals surface area contributed by atoms with Gasteiger partial charge in [-0.2, -0.15) is 0 Å². The molecule has 0 spiro atoms. The summed E-state index contributed by atoms with van der Waals surface area (Å²) in [5, 5.41) is 3.81. The zero-order valence-electron chi connectivity index (χ0n) is 17.2. The smallest absolute Gasteiger partial charge is 0.270 e. The van der Waals surface area contributed by atoms with Crippen molar-refractivity contribution in [1.29, 1.82) is 0 Å². The van der Waals surface area contributed by atoms with E-state index in [-0.39, 0.29) is 11.9 Å². The van der Waals surface area contributed by atoms with E-state index in [2.05, 4.69) is 25.1 Å². The van der Waals surface area contributed by atoms with E-state index in [9.17, 15) is 4.79 Å². The molecule has 29 heavy (non-hydrogen) atoms. The van der Waals surface area contributed by atoms with Gasteiger partial charge in [-0.1, -0.05) is 23.7 Å². The van der Waals surface area contributed by atoms with Crippen LogP contribution in [0.3, 0.4) is 0 Å². The van der Waals surface area contributed by atoms with Gasteiger partial charge in [-0.05, 0) is 57.7 Å². The second kappa shape index (κ2) is 10.0. The summed E-state index contributed by atoms with van der Waals surface area (Å²) in [6.45, 7) is 5.45. The lowest BCUT2D eigenvalue weighted by atomic mass is 10.0. The maximum Gasteiger partial charge on any atom is 0.270 e. The first-order chi connectivity index (χ1) is 13.9. The lowest BCUT2D eigenvalue weighted by molar-refractivity contribution is 0.0927. The Labute approximate surface area is 177 Å². The number of amides is 1. The molecule has 1 N–H and O–H groups in total. The van der Waals surface area contributed by atoms with Crippen LogP contribution in [0, 0.1) is 6.92 Å². The first-order valence-corrected chi connectivity index (χ1v) is 10.2. The molecule has 8 heteroatoms. The first kappa shape index (κ1) is 21.5. The third kappa shape index (κ3) is 6.13. The lowest BCUT2D eigenvalue weighted by Gasteiger charge is -2.27. The maximum atomic E-state index is 13.0. The van der Waals surface area contributed by atoms with E-state index in [4.69, 9.17) is 16.3 Å². The highest BCUT2D eigenvalue weighted by atomic mass is 35.5. The van der Waals surface area contributed by atoms with Gasteiger partial charge in [0.2, 0.25) is 5.95 Å². The Hall–Kier alpha value is -2.22. The standard InChI is InChI=1S/C21H28ClN5O2/c1-15-14-19(25-21(23-15)27-10-12-29-13-11-27)20(28)24-18(8-9-26(2)3)16-4-6-17(22)7-5-16/h4-7,14,18H,8-13H2,1-3H3,(H,24,28)/t18-/m0/s1. The van der Waals surface area contributed by atoms with Crippen molar-refractivity contribution in [3.8, 4) is 0 Å². The van der Waals surface area contributed by atoms with Crippen LogP contribution in [0.15, 0.2) is 30.3 Å². The number of rotatable bonds is 7. The van der Waals surface area contributed by atoms with Crippen LogP contribution in [0.2, 0.25) is 5.02 Å². The van der Waals surface area contributed by atoms with Gasteiger partial charge in [-0.3, -0.25) is 4.79 Å². The minimum Gasteiger partial charge on any atom is -0.378 e. The number of aryl methyl sites for hydroxylation is 1. The van der Waals surface area contributed by atoms with Crippen molar-refractivity contribution in [1.82, 2.24) is 20.2 Å². The Kier molecular flexibility index (Phi) is 7.41. The molecule has 1 aromatic carbocycles. The van der Waals surface area contributed by atoms with E-state index in [0.29, 0.717) is 29.9 Å². The van der Waals surface area contributed by atoms with Crippen molar-refractivity contribution >= 4 is 23.5 Å². The van der Waals surface area contributed by atoms with Crippen LogP contribution in [0.1, 0.15) is 34.2 Å². The molecule has 1 amide bonds. The molecule has 7 nitrogen and oxygen atoms in total. The number of nitrogens with zero attached hydrogens (tertiary/aromatic N) is 4. The monoisotopic (exact) mass is 417 g/mol. The van der Waals surface area contributed by atoms with Crippen LogP contribution in [0.4, 0.5) is 5.95 Å². The number of morpholine rings is 1. The second-order valence-corrected chi connectivity index (χ2v) is 7.90. The summed E-state index contributed by atoms with van der Waals surface area (Å²) in [4.78, 5) is 26.2. The van der Waals surface area contributed by atoms with Gasteiger partial charge in [-0.15, -0.1) is 0 Å². The molecular formula is C21H28ClN5O2. The summed E-state index contributed by atoms with van der Waals surface area (Å²) in [5.74, 6) is 0.374. The molecule has 2 aromatic rings. The van der Waals surface area contributed by atoms with Crippen LogP contribution in [-0.4, -0.2) is 67.7 Å². The first-order valence-electron chi connectivity index (χ1n) is 9.82. The molecule has 1 aliphatic rings. The Bertz CT molecular complexity index is 822. The quantitative estimate of drug-likeness (QED) is 0.746. The molecule has 1 aromatic heterocycles. The van der Waals surface area contributed by atoms with E-state index in [0.717, 1.165) is 37.3 Å². The number of benzene rings is 1. The highest BCUT2D eigenvalue weighted by molar-refractivity contribution is 6.30. The third-order valence-corrected chi connectivity index (χ3v) is 5.06. The van der Waals surface area contributed by atoms with Gasteiger partial charge in [0.05, 0.1) is 19.3 Å². The average molecular weight is 418 g/mol. The van der Waals surface area contributed by atoms with Gasteiger partial charge in [0.15, 0.2) is 0 Å². The molecule has 1 aliphatic heterocycles. The Morgan fingerprint density at radius 1 is 1.24 bits per heavy atom. The van der Waals surface area contributed by atoms with Crippen molar-refractivity contribution in [2.45, 2.75) is 19.4 Å². The number of carbonyl (C=O) groups excluding carboxylic acids is 1. The van der Waals surface area contributed by atoms with Gasteiger partial charge < -0.3 is 19.9 Å². The van der Waals surface area contributed by atoms with Gasteiger partial charge in [0.1, 0.15) is 5.69 Å². The zero-order valence-corrected chi connectivity index (χ0v) is 17.9. The van der Waals surface area contributed by atoms with Gasteiger partial charge in [-0.25, -0.2) is 9.97 Å². The van der Waals surface area contributed by atoms with Crippen LogP contribution in [-0.2, 0) is 4.74 Å². The minimum absolute atomic E-state index is 0.135. The van der Waals surface area contributed by atoms with Gasteiger partial charge >= 0.3 is 0 Å².